The van der Waals surface area contributed by atoms with Gasteiger partial charge in [-0.15, -0.1) is 0 Å². The SMILES string of the molecule is CCCCCCCCCCCCCC.O=PO. The van der Waals surface area contributed by atoms with E-state index in [4.69, 9.17) is 9.46 Å². The second kappa shape index (κ2) is 21.4. The number of unbranched alkanes of at least 4 members (excludes halogenated alkanes) is 11. The van der Waals surface area contributed by atoms with E-state index in [1.807, 2.05) is 0 Å². The molecule has 0 aliphatic heterocycles. The van der Waals surface area contributed by atoms with Crippen molar-refractivity contribution in [3.05, 3.63) is 0 Å². The summed E-state index contributed by atoms with van der Waals surface area (Å²) in [6.07, 6.45) is 17.4. The van der Waals surface area contributed by atoms with Crippen LogP contribution in [-0.2, 0) is 4.57 Å². The van der Waals surface area contributed by atoms with Gasteiger partial charge in [0.1, 0.15) is 0 Å². The van der Waals surface area contributed by atoms with Crippen LogP contribution in [0.15, 0.2) is 0 Å². The second-order valence-corrected chi connectivity index (χ2v) is 4.78. The van der Waals surface area contributed by atoms with Crippen LogP contribution in [0.25, 0.3) is 0 Å². The molecule has 0 aromatic rings. The zero-order chi connectivity index (χ0) is 13.2. The van der Waals surface area contributed by atoms with Gasteiger partial charge in [-0.2, -0.15) is 0 Å². The molecule has 0 radical (unpaired) electrons. The Morgan fingerprint density at radius 2 is 0.824 bits per heavy atom. The predicted octanol–water partition coefficient (Wildman–Crippen LogP) is 5.89. The molecule has 3 heteroatoms. The van der Waals surface area contributed by atoms with Gasteiger partial charge in [-0.25, -0.2) is 4.57 Å². The van der Waals surface area contributed by atoms with Gasteiger partial charge >= 0.3 is 8.69 Å². The van der Waals surface area contributed by atoms with E-state index in [0.29, 0.717) is 0 Å². The lowest BCUT2D eigenvalue weighted by atomic mass is 10.1. The van der Waals surface area contributed by atoms with Crippen LogP contribution >= 0.6 is 8.69 Å². The Labute approximate surface area is 109 Å². The van der Waals surface area contributed by atoms with E-state index in [0.717, 1.165) is 0 Å². The highest BCUT2D eigenvalue weighted by atomic mass is 31.1. The smallest absolute Gasteiger partial charge is 0.310 e. The van der Waals surface area contributed by atoms with Gasteiger partial charge in [0.15, 0.2) is 0 Å². The summed E-state index contributed by atoms with van der Waals surface area (Å²) in [6, 6.07) is 0. The lowest BCUT2D eigenvalue weighted by Crippen LogP contribution is -1.81. The van der Waals surface area contributed by atoms with Gasteiger partial charge in [0.2, 0.25) is 0 Å². The van der Waals surface area contributed by atoms with Gasteiger partial charge in [0.25, 0.3) is 0 Å². The first-order chi connectivity index (χ1) is 8.33. The first-order valence-corrected chi connectivity index (χ1v) is 8.06. The molecule has 0 aromatic heterocycles. The first kappa shape index (κ1) is 19.4. The molecular weight excluding hydrogens is 231 g/mol. The number of rotatable bonds is 11. The van der Waals surface area contributed by atoms with E-state index >= 15 is 0 Å². The Bertz CT molecular complexity index is 117. The van der Waals surface area contributed by atoms with Crippen molar-refractivity contribution >= 4 is 8.69 Å². The van der Waals surface area contributed by atoms with Crippen LogP contribution in [0, 0.1) is 0 Å². The van der Waals surface area contributed by atoms with E-state index in [1.54, 1.807) is 0 Å². The van der Waals surface area contributed by atoms with E-state index in [1.165, 1.54) is 77.0 Å². The van der Waals surface area contributed by atoms with Gasteiger partial charge < -0.3 is 4.89 Å². The standard InChI is InChI=1S/C14H30.HO2P/c1-3-5-7-9-11-13-14-12-10-8-6-4-2;1-3-2/h3-14H2,1-2H3;(H,1,2). The van der Waals surface area contributed by atoms with Gasteiger partial charge in [-0.05, 0) is 0 Å². The van der Waals surface area contributed by atoms with Crippen LogP contribution in [-0.4, -0.2) is 4.89 Å². The molecule has 0 atom stereocenters. The zero-order valence-electron chi connectivity index (χ0n) is 11.8. The highest BCUT2D eigenvalue weighted by Gasteiger charge is 1.91. The Balaban J connectivity index is 0. The molecule has 0 spiro atoms. The van der Waals surface area contributed by atoms with Crippen molar-refractivity contribution in [2.24, 2.45) is 0 Å². The van der Waals surface area contributed by atoms with Gasteiger partial charge in [0.05, 0.1) is 0 Å². The van der Waals surface area contributed by atoms with Gasteiger partial charge in [-0.3, -0.25) is 0 Å². The summed E-state index contributed by atoms with van der Waals surface area (Å²) < 4.78 is 8.46. The van der Waals surface area contributed by atoms with Crippen LogP contribution in [0.1, 0.15) is 90.9 Å². The Morgan fingerprint density at radius 1 is 0.647 bits per heavy atom. The van der Waals surface area contributed by atoms with E-state index < -0.39 is 8.69 Å². The van der Waals surface area contributed by atoms with E-state index in [-0.39, 0.29) is 0 Å². The molecule has 17 heavy (non-hydrogen) atoms. The van der Waals surface area contributed by atoms with Crippen molar-refractivity contribution in [3.63, 3.8) is 0 Å². The summed E-state index contributed by atoms with van der Waals surface area (Å²) >= 11 is 0. The molecule has 1 N–H and O–H groups in total. The van der Waals surface area contributed by atoms with Crippen molar-refractivity contribution in [2.75, 3.05) is 0 Å². The van der Waals surface area contributed by atoms with Crippen LogP contribution < -0.4 is 0 Å². The normalized spacial score (nSPS) is 10.1. The quantitative estimate of drug-likeness (QED) is 0.372. The maximum Gasteiger partial charge on any atom is 0.324 e. The fourth-order valence-electron chi connectivity index (χ4n) is 1.91. The van der Waals surface area contributed by atoms with Crippen LogP contribution in [0.2, 0.25) is 0 Å². The molecular formula is C14H31O2P. The summed E-state index contributed by atoms with van der Waals surface area (Å²) in [5, 5.41) is 0. The molecule has 0 aromatic carbocycles. The summed E-state index contributed by atoms with van der Waals surface area (Å²) in [5.74, 6) is 0. The lowest BCUT2D eigenvalue weighted by molar-refractivity contribution is 0.524. The van der Waals surface area contributed by atoms with E-state index in [2.05, 4.69) is 13.8 Å². The molecule has 0 saturated carbocycles. The first-order valence-electron chi connectivity index (χ1n) is 7.30. The predicted molar refractivity (Wildman–Crippen MR) is 76.6 cm³/mol. The average molecular weight is 262 g/mol. The van der Waals surface area contributed by atoms with Crippen LogP contribution in [0.5, 0.6) is 0 Å². The zero-order valence-corrected chi connectivity index (χ0v) is 12.7. The fourth-order valence-corrected chi connectivity index (χ4v) is 1.91. The molecule has 0 fully saturated rings. The maximum absolute atomic E-state index is 8.46. The van der Waals surface area contributed by atoms with Crippen molar-refractivity contribution in [1.29, 1.82) is 0 Å². The summed E-state index contributed by atoms with van der Waals surface area (Å²) in [7, 11) is -0.833. The lowest BCUT2D eigenvalue weighted by Gasteiger charge is -2.01. The maximum atomic E-state index is 8.46. The molecule has 0 aliphatic carbocycles. The van der Waals surface area contributed by atoms with Crippen LogP contribution in [0.4, 0.5) is 0 Å². The van der Waals surface area contributed by atoms with E-state index in [9.17, 15) is 0 Å². The molecule has 0 heterocycles. The Morgan fingerprint density at radius 3 is 1.00 bits per heavy atom. The molecule has 0 saturated heterocycles. The monoisotopic (exact) mass is 262 g/mol. The molecule has 0 amide bonds. The molecule has 0 aliphatic rings. The molecule has 0 unspecified atom stereocenters. The number of hydrogen-bond donors (Lipinski definition) is 1. The molecule has 104 valence electrons. The molecule has 0 rings (SSSR count). The largest absolute Gasteiger partial charge is 0.324 e. The van der Waals surface area contributed by atoms with Gasteiger partial charge in [0, 0.05) is 0 Å². The summed E-state index contributed by atoms with van der Waals surface area (Å²) in [4.78, 5) is 6.99. The van der Waals surface area contributed by atoms with Crippen molar-refractivity contribution in [1.82, 2.24) is 0 Å². The van der Waals surface area contributed by atoms with Crippen LogP contribution in [0.3, 0.4) is 0 Å². The molecule has 2 nitrogen and oxygen atoms in total. The minimum atomic E-state index is -0.833. The minimum absolute atomic E-state index is 0.833. The minimum Gasteiger partial charge on any atom is -0.310 e. The fraction of sp³-hybridized carbons (Fsp3) is 1.00. The highest BCUT2D eigenvalue weighted by molar-refractivity contribution is 7.16. The number of hydrogen-bond acceptors (Lipinski definition) is 1. The van der Waals surface area contributed by atoms with Crippen molar-refractivity contribution in [2.45, 2.75) is 90.9 Å². The average Bonchev–Trinajstić information content (AvgIpc) is 2.33. The van der Waals surface area contributed by atoms with Crippen molar-refractivity contribution < 1.29 is 9.46 Å². The summed E-state index contributed by atoms with van der Waals surface area (Å²) in [5.41, 5.74) is 0. The third kappa shape index (κ3) is 26.0. The topological polar surface area (TPSA) is 37.3 Å². The second-order valence-electron chi connectivity index (χ2n) is 4.62. The Kier molecular flexibility index (Phi) is 24.4. The highest BCUT2D eigenvalue weighted by Crippen LogP contribution is 2.11. The third-order valence-corrected chi connectivity index (χ3v) is 2.96. The Hall–Kier alpha value is 0.0600. The third-order valence-electron chi connectivity index (χ3n) is 2.96. The molecule has 0 bridgehead atoms. The van der Waals surface area contributed by atoms with Crippen molar-refractivity contribution in [3.8, 4) is 0 Å². The van der Waals surface area contributed by atoms with Gasteiger partial charge in [-0.1, -0.05) is 90.9 Å². The summed E-state index contributed by atoms with van der Waals surface area (Å²) in [6.45, 7) is 4.57.